The largest absolute Gasteiger partial charge is 0.497 e. The number of ether oxygens (including phenoxy) is 2. The van der Waals surface area contributed by atoms with Gasteiger partial charge < -0.3 is 19.9 Å². The van der Waals surface area contributed by atoms with Crippen molar-refractivity contribution in [1.82, 2.24) is 0 Å². The van der Waals surface area contributed by atoms with E-state index in [1.54, 1.807) is 31.4 Å². The molecule has 0 saturated carbocycles. The van der Waals surface area contributed by atoms with E-state index in [4.69, 9.17) is 9.47 Å². The fourth-order valence-electron chi connectivity index (χ4n) is 5.10. The zero-order valence-corrected chi connectivity index (χ0v) is 20.1. The zero-order chi connectivity index (χ0) is 23.8. The lowest BCUT2D eigenvalue weighted by Crippen LogP contribution is -2.53. The Labute approximate surface area is 196 Å². The summed E-state index contributed by atoms with van der Waals surface area (Å²) < 4.78 is 10.9. The van der Waals surface area contributed by atoms with Crippen molar-refractivity contribution in [3.63, 3.8) is 0 Å². The van der Waals surface area contributed by atoms with Gasteiger partial charge in [0.2, 0.25) is 0 Å². The lowest BCUT2D eigenvalue weighted by Gasteiger charge is -2.43. The Hall–Kier alpha value is -2.89. The first-order valence-electron chi connectivity index (χ1n) is 11.4. The summed E-state index contributed by atoms with van der Waals surface area (Å²) in [5, 5.41) is 15.3. The van der Waals surface area contributed by atoms with Crippen molar-refractivity contribution < 1.29 is 19.4 Å². The Kier molecular flexibility index (Phi) is 6.21. The van der Waals surface area contributed by atoms with Crippen molar-refractivity contribution in [2.24, 2.45) is 5.41 Å². The van der Waals surface area contributed by atoms with Crippen LogP contribution in [0.5, 0.6) is 5.75 Å². The highest BCUT2D eigenvalue weighted by Gasteiger charge is 2.51. The van der Waals surface area contributed by atoms with Gasteiger partial charge in [-0.2, -0.15) is 0 Å². The van der Waals surface area contributed by atoms with Crippen LogP contribution in [0.1, 0.15) is 55.9 Å². The Balaban J connectivity index is 1.86. The fourth-order valence-corrected chi connectivity index (χ4v) is 5.10. The first kappa shape index (κ1) is 23.3. The molecule has 0 bridgehead atoms. The summed E-state index contributed by atoms with van der Waals surface area (Å²) in [5.74, 6) is 0.322. The molecule has 1 aliphatic heterocycles. The molecule has 2 aromatic rings. The molecule has 5 heteroatoms. The number of aliphatic hydroxyl groups is 1. The summed E-state index contributed by atoms with van der Waals surface area (Å²) >= 11 is 0. The number of anilines is 1. The molecular weight excluding hydrogens is 414 g/mol. The number of nitrogens with one attached hydrogen (secondary N) is 1. The molecule has 0 aromatic heterocycles. The lowest BCUT2D eigenvalue weighted by atomic mass is 9.68. The molecular formula is C28H33NO4. The van der Waals surface area contributed by atoms with Gasteiger partial charge in [0.25, 0.3) is 5.91 Å². The second kappa shape index (κ2) is 8.81. The van der Waals surface area contributed by atoms with Gasteiger partial charge in [-0.15, -0.1) is 0 Å². The average Bonchev–Trinajstić information content (AvgIpc) is 2.78. The Morgan fingerprint density at radius 1 is 1.18 bits per heavy atom. The third-order valence-electron chi connectivity index (χ3n) is 6.89. The highest BCUT2D eigenvalue weighted by molar-refractivity contribution is 6.00. The molecule has 33 heavy (non-hydrogen) atoms. The second-order valence-electron chi connectivity index (χ2n) is 9.64. The van der Waals surface area contributed by atoms with Crippen molar-refractivity contribution in [2.75, 3.05) is 19.5 Å². The maximum absolute atomic E-state index is 13.0. The van der Waals surface area contributed by atoms with Crippen LogP contribution in [0.2, 0.25) is 0 Å². The molecule has 3 atom stereocenters. The lowest BCUT2D eigenvalue weighted by molar-refractivity contribution is -0.142. The van der Waals surface area contributed by atoms with E-state index in [-0.39, 0.29) is 11.3 Å². The Morgan fingerprint density at radius 2 is 1.91 bits per heavy atom. The van der Waals surface area contributed by atoms with Crippen LogP contribution >= 0.6 is 0 Å². The van der Waals surface area contributed by atoms with Crippen molar-refractivity contribution in [3.05, 3.63) is 76.4 Å². The van der Waals surface area contributed by atoms with E-state index in [1.165, 1.54) is 12.7 Å². The average molecular weight is 448 g/mol. The first-order valence-corrected chi connectivity index (χ1v) is 11.4. The zero-order valence-electron chi connectivity index (χ0n) is 20.1. The van der Waals surface area contributed by atoms with Gasteiger partial charge in [-0.25, -0.2) is 0 Å². The summed E-state index contributed by atoms with van der Waals surface area (Å²) in [7, 11) is 3.06. The number of hydrogen-bond donors (Lipinski definition) is 2. The van der Waals surface area contributed by atoms with E-state index in [1.807, 2.05) is 12.1 Å². The van der Waals surface area contributed by atoms with Crippen LogP contribution in [0.4, 0.5) is 5.69 Å². The highest BCUT2D eigenvalue weighted by Crippen LogP contribution is 2.49. The number of methoxy groups -OCH3 is 2. The SMILES string of the molecule is COc1ccc(C2(O)c3c(ccc4c3CC(C)(CCC=C(C)C)C=C4)NC(=O)C2OC)cc1. The maximum atomic E-state index is 13.0. The molecule has 4 rings (SSSR count). The van der Waals surface area contributed by atoms with Gasteiger partial charge in [0.1, 0.15) is 5.75 Å². The molecule has 0 radical (unpaired) electrons. The predicted octanol–water partition coefficient (Wildman–Crippen LogP) is 5.22. The van der Waals surface area contributed by atoms with Gasteiger partial charge in [0.15, 0.2) is 11.7 Å². The quantitative estimate of drug-likeness (QED) is 0.596. The molecule has 2 aliphatic rings. The minimum absolute atomic E-state index is 0.0566. The summed E-state index contributed by atoms with van der Waals surface area (Å²) in [5.41, 5.74) is 3.69. The number of fused-ring (bicyclic) bond motifs is 3. The predicted molar refractivity (Wildman–Crippen MR) is 131 cm³/mol. The number of carbonyl (C=O) groups is 1. The van der Waals surface area contributed by atoms with Crippen LogP contribution in [0.15, 0.2) is 54.1 Å². The Bertz CT molecular complexity index is 1110. The van der Waals surface area contributed by atoms with Crippen LogP contribution in [0.25, 0.3) is 6.08 Å². The van der Waals surface area contributed by atoms with Crippen LogP contribution in [0, 0.1) is 5.41 Å². The standard InChI is InChI=1S/C28H33NO4/c1-18(2)7-6-15-27(3)16-14-19-8-13-23-24(22(19)17-27)28(31,25(33-5)26(30)29-23)20-9-11-21(32-4)12-10-20/h7-14,16,25,31H,6,15,17H2,1-5H3,(H,29,30). The van der Waals surface area contributed by atoms with E-state index < -0.39 is 11.7 Å². The van der Waals surface area contributed by atoms with Crippen LogP contribution in [-0.4, -0.2) is 31.3 Å². The monoisotopic (exact) mass is 447 g/mol. The molecule has 2 N–H and O–H groups in total. The maximum Gasteiger partial charge on any atom is 0.257 e. The molecule has 1 heterocycles. The van der Waals surface area contributed by atoms with Gasteiger partial charge in [-0.3, -0.25) is 4.79 Å². The fraction of sp³-hybridized carbons (Fsp3) is 0.393. The van der Waals surface area contributed by atoms with E-state index in [0.717, 1.165) is 36.0 Å². The molecule has 174 valence electrons. The Morgan fingerprint density at radius 3 is 2.55 bits per heavy atom. The second-order valence-corrected chi connectivity index (χ2v) is 9.64. The molecule has 0 saturated heterocycles. The van der Waals surface area contributed by atoms with Gasteiger partial charge >= 0.3 is 0 Å². The minimum Gasteiger partial charge on any atom is -0.497 e. The number of hydrogen-bond acceptors (Lipinski definition) is 4. The summed E-state index contributed by atoms with van der Waals surface area (Å²) in [6.45, 7) is 6.49. The molecule has 0 spiro atoms. The first-order chi connectivity index (χ1) is 15.7. The van der Waals surface area contributed by atoms with E-state index in [2.05, 4.69) is 44.3 Å². The third kappa shape index (κ3) is 4.11. The number of rotatable bonds is 6. The van der Waals surface area contributed by atoms with Crippen LogP contribution in [0.3, 0.4) is 0 Å². The molecule has 3 unspecified atom stereocenters. The van der Waals surface area contributed by atoms with E-state index in [9.17, 15) is 9.90 Å². The topological polar surface area (TPSA) is 67.8 Å². The highest BCUT2D eigenvalue weighted by atomic mass is 16.5. The van der Waals surface area contributed by atoms with Crippen molar-refractivity contribution in [2.45, 2.75) is 51.7 Å². The molecule has 1 amide bonds. The van der Waals surface area contributed by atoms with Gasteiger partial charge in [-0.1, -0.05) is 48.9 Å². The molecule has 0 fully saturated rings. The van der Waals surface area contributed by atoms with E-state index >= 15 is 0 Å². The third-order valence-corrected chi connectivity index (χ3v) is 6.89. The number of carbonyl (C=O) groups excluding carboxylic acids is 1. The summed E-state index contributed by atoms with van der Waals surface area (Å²) in [6, 6.07) is 11.1. The van der Waals surface area contributed by atoms with Gasteiger partial charge in [0.05, 0.1) is 7.11 Å². The molecule has 1 aliphatic carbocycles. The minimum atomic E-state index is -1.63. The van der Waals surface area contributed by atoms with Gasteiger partial charge in [0, 0.05) is 18.4 Å². The number of amides is 1. The smallest absolute Gasteiger partial charge is 0.257 e. The number of benzene rings is 2. The summed E-state index contributed by atoms with van der Waals surface area (Å²) in [6.07, 6.45) is 8.38. The molecule has 5 nitrogen and oxygen atoms in total. The molecule has 2 aromatic carbocycles. The van der Waals surface area contributed by atoms with Crippen molar-refractivity contribution in [1.29, 1.82) is 0 Å². The van der Waals surface area contributed by atoms with Gasteiger partial charge in [-0.05, 0) is 73.4 Å². The number of allylic oxidation sites excluding steroid dienone is 3. The van der Waals surface area contributed by atoms with E-state index in [0.29, 0.717) is 17.0 Å². The van der Waals surface area contributed by atoms with Crippen LogP contribution in [-0.2, 0) is 21.6 Å². The van der Waals surface area contributed by atoms with Crippen molar-refractivity contribution >= 4 is 17.7 Å². The van der Waals surface area contributed by atoms with Crippen LogP contribution < -0.4 is 10.1 Å². The normalized spacial score (nSPS) is 25.6. The van der Waals surface area contributed by atoms with Crippen molar-refractivity contribution in [3.8, 4) is 5.75 Å². The summed E-state index contributed by atoms with van der Waals surface area (Å²) in [4.78, 5) is 13.0.